The van der Waals surface area contributed by atoms with Gasteiger partial charge in [0, 0.05) is 6.92 Å². The Balaban J connectivity index is 3.21. The third-order valence-corrected chi connectivity index (χ3v) is 2.15. The van der Waals surface area contributed by atoms with Crippen molar-refractivity contribution in [2.24, 2.45) is 0 Å². The minimum absolute atomic E-state index is 0.233. The minimum Gasteiger partial charge on any atom is -0.463 e. The van der Waals surface area contributed by atoms with E-state index in [9.17, 15) is 9.59 Å². The summed E-state index contributed by atoms with van der Waals surface area (Å²) in [5.74, 6) is -0.585. The molecule has 0 aliphatic carbocycles. The molecule has 0 aromatic carbocycles. The first-order valence-electron chi connectivity index (χ1n) is 7.39. The lowest BCUT2D eigenvalue weighted by atomic mass is 10.2. The number of ether oxygens (including phenoxy) is 5. The number of carbonyl (C=O) groups is 2. The van der Waals surface area contributed by atoms with Crippen molar-refractivity contribution in [2.45, 2.75) is 39.7 Å². The molecule has 0 aliphatic heterocycles. The van der Waals surface area contributed by atoms with Gasteiger partial charge in [-0.25, -0.2) is 0 Å². The van der Waals surface area contributed by atoms with Gasteiger partial charge in [-0.3, -0.25) is 9.59 Å². The van der Waals surface area contributed by atoms with Gasteiger partial charge in [0.1, 0.15) is 12.2 Å². The summed E-state index contributed by atoms with van der Waals surface area (Å²) >= 11 is 0. The highest BCUT2D eigenvalue weighted by Crippen LogP contribution is 2.07. The van der Waals surface area contributed by atoms with Crippen LogP contribution in [0.3, 0.4) is 0 Å². The summed E-state index contributed by atoms with van der Waals surface area (Å²) in [6, 6.07) is 0. The van der Waals surface area contributed by atoms with Gasteiger partial charge in [0.05, 0.1) is 46.1 Å². The molecule has 0 spiro atoms. The number of hydrogen-bond acceptors (Lipinski definition) is 7. The highest BCUT2D eigenvalue weighted by Gasteiger charge is 2.15. The molecule has 0 N–H and O–H groups in total. The van der Waals surface area contributed by atoms with Crippen LogP contribution in [-0.2, 0) is 33.3 Å². The van der Waals surface area contributed by atoms with Crippen molar-refractivity contribution in [3.05, 3.63) is 0 Å². The number of rotatable bonds is 12. The molecular weight excluding hydrogens is 292 g/mol. The Kier molecular flexibility index (Phi) is 11.7. The van der Waals surface area contributed by atoms with Crippen molar-refractivity contribution in [1.82, 2.24) is 0 Å². The van der Waals surface area contributed by atoms with Crippen LogP contribution in [0.25, 0.3) is 0 Å². The van der Waals surface area contributed by atoms with E-state index in [1.807, 2.05) is 20.8 Å². The third kappa shape index (κ3) is 16.9. The van der Waals surface area contributed by atoms with Crippen molar-refractivity contribution in [3.8, 4) is 0 Å². The van der Waals surface area contributed by atoms with Crippen LogP contribution in [0.1, 0.15) is 34.1 Å². The summed E-state index contributed by atoms with van der Waals surface area (Å²) < 4.78 is 25.6. The largest absolute Gasteiger partial charge is 0.463 e. The average molecular weight is 320 g/mol. The summed E-state index contributed by atoms with van der Waals surface area (Å²) in [5.41, 5.74) is -0.463. The van der Waals surface area contributed by atoms with Gasteiger partial charge in [0.25, 0.3) is 0 Å². The summed E-state index contributed by atoms with van der Waals surface area (Å²) in [4.78, 5) is 21.8. The summed E-state index contributed by atoms with van der Waals surface area (Å²) in [7, 11) is 0. The number of carbonyl (C=O) groups excluding carboxylic acids is 2. The first kappa shape index (κ1) is 20.8. The zero-order valence-electron chi connectivity index (χ0n) is 14.0. The van der Waals surface area contributed by atoms with E-state index in [-0.39, 0.29) is 25.0 Å². The molecule has 0 radical (unpaired) electrons. The predicted octanol–water partition coefficient (Wildman–Crippen LogP) is 1.33. The first-order valence-corrected chi connectivity index (χ1v) is 7.39. The molecule has 7 heteroatoms. The van der Waals surface area contributed by atoms with Crippen LogP contribution in [-0.4, -0.2) is 63.8 Å². The van der Waals surface area contributed by atoms with E-state index in [0.29, 0.717) is 39.6 Å². The smallest absolute Gasteiger partial charge is 0.308 e. The zero-order chi connectivity index (χ0) is 16.8. The Morgan fingerprint density at radius 1 is 0.773 bits per heavy atom. The van der Waals surface area contributed by atoms with E-state index in [1.165, 1.54) is 6.92 Å². The van der Waals surface area contributed by atoms with Crippen LogP contribution in [0, 0.1) is 0 Å². The molecule has 0 aromatic heterocycles. The Bertz CT molecular complexity index is 310. The Morgan fingerprint density at radius 2 is 1.23 bits per heavy atom. The molecule has 0 atom stereocenters. The molecule has 0 saturated heterocycles. The molecule has 0 bridgehead atoms. The molecule has 0 fully saturated rings. The van der Waals surface area contributed by atoms with E-state index >= 15 is 0 Å². The predicted molar refractivity (Wildman–Crippen MR) is 79.6 cm³/mol. The standard InChI is InChI=1S/C15H28O7/c1-13(16)21-12-11-20-10-9-19-8-7-18-6-5-14(17)22-15(2,3)4/h5-12H2,1-4H3. The molecule has 7 nitrogen and oxygen atoms in total. The fraction of sp³-hybridized carbons (Fsp3) is 0.867. The highest BCUT2D eigenvalue weighted by molar-refractivity contribution is 5.69. The van der Waals surface area contributed by atoms with Gasteiger partial charge in [-0.1, -0.05) is 0 Å². The van der Waals surface area contributed by atoms with E-state index in [4.69, 9.17) is 23.7 Å². The maximum Gasteiger partial charge on any atom is 0.308 e. The molecule has 0 rings (SSSR count). The van der Waals surface area contributed by atoms with E-state index in [2.05, 4.69) is 0 Å². The number of hydrogen-bond donors (Lipinski definition) is 0. The van der Waals surface area contributed by atoms with Crippen LogP contribution in [0.2, 0.25) is 0 Å². The van der Waals surface area contributed by atoms with Crippen molar-refractivity contribution in [2.75, 3.05) is 46.2 Å². The second-order valence-electron chi connectivity index (χ2n) is 5.51. The summed E-state index contributed by atoms with van der Waals surface area (Å²) in [6.07, 6.45) is 0.233. The van der Waals surface area contributed by atoms with Crippen LogP contribution < -0.4 is 0 Å². The molecule has 0 aromatic rings. The average Bonchev–Trinajstić information content (AvgIpc) is 2.37. The second-order valence-corrected chi connectivity index (χ2v) is 5.51. The molecule has 0 amide bonds. The second kappa shape index (κ2) is 12.4. The SMILES string of the molecule is CC(=O)OCCOCCOCCOCCC(=O)OC(C)(C)C. The quantitative estimate of drug-likeness (QED) is 0.396. The Morgan fingerprint density at radius 3 is 1.68 bits per heavy atom. The fourth-order valence-corrected chi connectivity index (χ4v) is 1.33. The fourth-order valence-electron chi connectivity index (χ4n) is 1.33. The van der Waals surface area contributed by atoms with E-state index in [1.54, 1.807) is 0 Å². The van der Waals surface area contributed by atoms with Gasteiger partial charge in [0.15, 0.2) is 0 Å². The molecule has 130 valence electrons. The molecule has 0 heterocycles. The summed E-state index contributed by atoms with van der Waals surface area (Å²) in [6.45, 7) is 9.48. The monoisotopic (exact) mass is 320 g/mol. The van der Waals surface area contributed by atoms with E-state index in [0.717, 1.165) is 0 Å². The Hall–Kier alpha value is -1.18. The van der Waals surface area contributed by atoms with Crippen molar-refractivity contribution in [1.29, 1.82) is 0 Å². The molecule has 0 saturated carbocycles. The highest BCUT2D eigenvalue weighted by atomic mass is 16.6. The van der Waals surface area contributed by atoms with Crippen molar-refractivity contribution < 1.29 is 33.3 Å². The van der Waals surface area contributed by atoms with Gasteiger partial charge in [0.2, 0.25) is 0 Å². The normalized spacial score (nSPS) is 11.3. The van der Waals surface area contributed by atoms with Crippen molar-refractivity contribution in [3.63, 3.8) is 0 Å². The lowest BCUT2D eigenvalue weighted by Crippen LogP contribution is -2.24. The summed E-state index contributed by atoms with van der Waals surface area (Å²) in [5, 5.41) is 0. The van der Waals surface area contributed by atoms with Gasteiger partial charge in [-0.2, -0.15) is 0 Å². The zero-order valence-corrected chi connectivity index (χ0v) is 14.0. The molecule has 0 aliphatic rings. The van der Waals surface area contributed by atoms with Crippen LogP contribution >= 0.6 is 0 Å². The van der Waals surface area contributed by atoms with Gasteiger partial charge in [-0.05, 0) is 20.8 Å². The van der Waals surface area contributed by atoms with Crippen molar-refractivity contribution >= 4 is 11.9 Å². The van der Waals surface area contributed by atoms with Gasteiger partial charge >= 0.3 is 11.9 Å². The topological polar surface area (TPSA) is 80.3 Å². The molecular formula is C15H28O7. The minimum atomic E-state index is -0.463. The maximum atomic E-state index is 11.4. The lowest BCUT2D eigenvalue weighted by Gasteiger charge is -2.19. The maximum absolute atomic E-state index is 11.4. The number of esters is 2. The third-order valence-electron chi connectivity index (χ3n) is 2.15. The van der Waals surface area contributed by atoms with Crippen LogP contribution in [0.15, 0.2) is 0 Å². The Labute approximate surface area is 132 Å². The van der Waals surface area contributed by atoms with Gasteiger partial charge in [-0.15, -0.1) is 0 Å². The molecule has 0 unspecified atom stereocenters. The van der Waals surface area contributed by atoms with E-state index < -0.39 is 5.60 Å². The van der Waals surface area contributed by atoms with Gasteiger partial charge < -0.3 is 23.7 Å². The molecule has 22 heavy (non-hydrogen) atoms. The van der Waals surface area contributed by atoms with Crippen LogP contribution in [0.4, 0.5) is 0 Å². The van der Waals surface area contributed by atoms with Crippen LogP contribution in [0.5, 0.6) is 0 Å². The lowest BCUT2D eigenvalue weighted by molar-refractivity contribution is -0.156. The first-order chi connectivity index (χ1) is 10.3.